The third kappa shape index (κ3) is 2.81. The van der Waals surface area contributed by atoms with E-state index in [-0.39, 0.29) is 16.9 Å². The van der Waals surface area contributed by atoms with Gasteiger partial charge >= 0.3 is 6.18 Å². The molecule has 2 heterocycles. The molecule has 0 aliphatic rings. The summed E-state index contributed by atoms with van der Waals surface area (Å²) < 4.78 is 51.5. The molecule has 2 aromatic rings. The maximum atomic E-state index is 13.0. The number of halogens is 4. The second-order valence-corrected chi connectivity index (χ2v) is 3.73. The lowest BCUT2D eigenvalue weighted by atomic mass is 10.1. The summed E-state index contributed by atoms with van der Waals surface area (Å²) in [5.41, 5.74) is -0.983. The molecule has 0 spiro atoms. The molecule has 3 nitrogen and oxygen atoms in total. The van der Waals surface area contributed by atoms with Gasteiger partial charge in [0.15, 0.2) is 5.69 Å². The van der Waals surface area contributed by atoms with Gasteiger partial charge < -0.3 is 5.32 Å². The Morgan fingerprint density at radius 3 is 2.47 bits per heavy atom. The molecule has 0 atom stereocenters. The molecule has 0 saturated heterocycles. The molecule has 7 heteroatoms. The maximum Gasteiger partial charge on any atom is 0.435 e. The van der Waals surface area contributed by atoms with Crippen LogP contribution < -0.4 is 5.32 Å². The topological polar surface area (TPSA) is 37.8 Å². The van der Waals surface area contributed by atoms with Gasteiger partial charge in [0.2, 0.25) is 0 Å². The van der Waals surface area contributed by atoms with Crippen molar-refractivity contribution in [2.75, 3.05) is 12.4 Å². The lowest BCUT2D eigenvalue weighted by molar-refractivity contribution is -0.140. The Hall–Kier alpha value is -2.18. The van der Waals surface area contributed by atoms with Gasteiger partial charge in [0, 0.05) is 18.8 Å². The van der Waals surface area contributed by atoms with Gasteiger partial charge in [0.05, 0.1) is 17.6 Å². The Morgan fingerprint density at radius 2 is 1.89 bits per heavy atom. The van der Waals surface area contributed by atoms with Gasteiger partial charge in [-0.05, 0) is 18.2 Å². The van der Waals surface area contributed by atoms with Gasteiger partial charge in [-0.3, -0.25) is 4.98 Å². The number of rotatable bonds is 2. The van der Waals surface area contributed by atoms with Crippen LogP contribution in [0.4, 0.5) is 23.2 Å². The quantitative estimate of drug-likeness (QED) is 0.851. The Balaban J connectivity index is 2.55. The summed E-state index contributed by atoms with van der Waals surface area (Å²) in [4.78, 5) is 7.12. The Bertz CT molecular complexity index is 596. The van der Waals surface area contributed by atoms with Crippen LogP contribution in [0.1, 0.15) is 5.69 Å². The predicted molar refractivity (Wildman–Crippen MR) is 62.0 cm³/mol. The summed E-state index contributed by atoms with van der Waals surface area (Å²) in [6.07, 6.45) is -2.37. The van der Waals surface area contributed by atoms with Gasteiger partial charge in [-0.15, -0.1) is 0 Å². The molecule has 0 amide bonds. The maximum absolute atomic E-state index is 13.0. The van der Waals surface area contributed by atoms with Crippen molar-refractivity contribution in [3.8, 4) is 11.3 Å². The van der Waals surface area contributed by atoms with E-state index in [4.69, 9.17) is 0 Å². The van der Waals surface area contributed by atoms with Crippen molar-refractivity contribution in [3.05, 3.63) is 42.1 Å². The fourth-order valence-corrected chi connectivity index (χ4v) is 1.59. The molecule has 100 valence electrons. The minimum Gasteiger partial charge on any atom is -0.386 e. The summed E-state index contributed by atoms with van der Waals surface area (Å²) in [7, 11) is 1.37. The summed E-state index contributed by atoms with van der Waals surface area (Å²) in [5, 5.41) is 2.42. The van der Waals surface area contributed by atoms with Crippen LogP contribution in [0.15, 0.2) is 30.6 Å². The molecule has 0 unspecified atom stereocenters. The van der Waals surface area contributed by atoms with E-state index in [1.165, 1.54) is 25.4 Å². The molecule has 2 aromatic heterocycles. The van der Waals surface area contributed by atoms with Crippen molar-refractivity contribution in [1.29, 1.82) is 0 Å². The number of pyridine rings is 2. The Labute approximate surface area is 106 Å². The summed E-state index contributed by atoms with van der Waals surface area (Å²) in [5.74, 6) is -0.634. The van der Waals surface area contributed by atoms with E-state index in [2.05, 4.69) is 15.3 Å². The molecular formula is C12H9F4N3. The summed E-state index contributed by atoms with van der Waals surface area (Å²) in [6.45, 7) is 0. The molecule has 0 fully saturated rings. The molecule has 0 bridgehead atoms. The average Bonchev–Trinajstić information content (AvgIpc) is 2.37. The zero-order valence-corrected chi connectivity index (χ0v) is 9.79. The normalized spacial score (nSPS) is 11.4. The highest BCUT2D eigenvalue weighted by Crippen LogP contribution is 2.34. The van der Waals surface area contributed by atoms with Crippen molar-refractivity contribution in [2.45, 2.75) is 6.18 Å². The first kappa shape index (κ1) is 13.3. The lowest BCUT2D eigenvalue weighted by Gasteiger charge is -2.13. The molecule has 0 saturated carbocycles. The molecule has 1 N–H and O–H groups in total. The third-order valence-corrected chi connectivity index (χ3v) is 2.43. The van der Waals surface area contributed by atoms with Gasteiger partial charge in [-0.2, -0.15) is 13.2 Å². The number of hydrogen-bond acceptors (Lipinski definition) is 3. The fraction of sp³-hybridized carbons (Fsp3) is 0.167. The second-order valence-electron chi connectivity index (χ2n) is 3.73. The fourth-order valence-electron chi connectivity index (χ4n) is 1.59. The number of aromatic nitrogens is 2. The molecular weight excluding hydrogens is 262 g/mol. The molecule has 0 aromatic carbocycles. The van der Waals surface area contributed by atoms with Crippen LogP contribution in [-0.2, 0) is 6.18 Å². The van der Waals surface area contributed by atoms with Crippen molar-refractivity contribution >= 4 is 5.69 Å². The first-order chi connectivity index (χ1) is 8.91. The number of hydrogen-bond donors (Lipinski definition) is 1. The van der Waals surface area contributed by atoms with Crippen LogP contribution in [0.25, 0.3) is 11.3 Å². The predicted octanol–water partition coefficient (Wildman–Crippen LogP) is 3.34. The van der Waals surface area contributed by atoms with E-state index in [1.807, 2.05) is 0 Å². The van der Waals surface area contributed by atoms with Crippen molar-refractivity contribution < 1.29 is 17.6 Å². The van der Waals surface area contributed by atoms with Crippen molar-refractivity contribution in [3.63, 3.8) is 0 Å². The first-order valence-electron chi connectivity index (χ1n) is 5.28. The Kier molecular flexibility index (Phi) is 3.37. The lowest BCUT2D eigenvalue weighted by Crippen LogP contribution is -2.12. The number of nitrogens with one attached hydrogen (secondary N) is 1. The van der Waals surface area contributed by atoms with Crippen LogP contribution >= 0.6 is 0 Å². The van der Waals surface area contributed by atoms with E-state index in [0.717, 1.165) is 12.3 Å². The third-order valence-electron chi connectivity index (χ3n) is 2.43. The zero-order valence-electron chi connectivity index (χ0n) is 9.79. The van der Waals surface area contributed by atoms with Crippen LogP contribution in [0.3, 0.4) is 0 Å². The minimum absolute atomic E-state index is 0.0123. The second kappa shape index (κ2) is 4.83. The molecule has 0 radical (unpaired) electrons. The monoisotopic (exact) mass is 271 g/mol. The number of nitrogens with zero attached hydrogens (tertiary/aromatic N) is 2. The highest BCUT2D eigenvalue weighted by Gasteiger charge is 2.35. The molecule has 2 rings (SSSR count). The van der Waals surface area contributed by atoms with Crippen molar-refractivity contribution in [1.82, 2.24) is 9.97 Å². The summed E-state index contributed by atoms with van der Waals surface area (Å²) >= 11 is 0. The minimum atomic E-state index is -4.59. The highest BCUT2D eigenvalue weighted by atomic mass is 19.4. The highest BCUT2D eigenvalue weighted by molar-refractivity contribution is 5.62. The Morgan fingerprint density at radius 1 is 1.16 bits per heavy atom. The van der Waals surface area contributed by atoms with E-state index in [0.29, 0.717) is 0 Å². The largest absolute Gasteiger partial charge is 0.435 e. The van der Waals surface area contributed by atoms with Gasteiger partial charge in [0.25, 0.3) is 0 Å². The van der Waals surface area contributed by atoms with Crippen LogP contribution in [0.2, 0.25) is 0 Å². The van der Waals surface area contributed by atoms with Crippen molar-refractivity contribution in [2.24, 2.45) is 0 Å². The van der Waals surface area contributed by atoms with E-state index >= 15 is 0 Å². The first-order valence-corrected chi connectivity index (χ1v) is 5.28. The summed E-state index contributed by atoms with van der Waals surface area (Å²) in [6, 6.07) is 3.70. The van der Waals surface area contributed by atoms with Crippen LogP contribution in [-0.4, -0.2) is 17.0 Å². The zero-order chi connectivity index (χ0) is 14.0. The van der Waals surface area contributed by atoms with E-state index in [9.17, 15) is 17.6 Å². The van der Waals surface area contributed by atoms with Gasteiger partial charge in [0.1, 0.15) is 5.82 Å². The SMILES string of the molecule is CNc1ccc(-c2cncc(F)c2)nc1C(F)(F)F. The van der Waals surface area contributed by atoms with Crippen LogP contribution in [0.5, 0.6) is 0 Å². The molecule has 19 heavy (non-hydrogen) atoms. The van der Waals surface area contributed by atoms with Crippen LogP contribution in [0, 0.1) is 5.82 Å². The molecule has 0 aliphatic heterocycles. The number of alkyl halides is 3. The standard InChI is InChI=1S/C12H9F4N3/c1-17-10-3-2-9(19-11(10)12(14,15)16)7-4-8(13)6-18-5-7/h2-6,17H,1H3. The van der Waals surface area contributed by atoms with Gasteiger partial charge in [-0.1, -0.05) is 0 Å². The van der Waals surface area contributed by atoms with E-state index < -0.39 is 17.7 Å². The molecule has 0 aliphatic carbocycles. The number of anilines is 1. The van der Waals surface area contributed by atoms with E-state index in [1.54, 1.807) is 0 Å². The average molecular weight is 271 g/mol. The smallest absolute Gasteiger partial charge is 0.386 e. The van der Waals surface area contributed by atoms with Gasteiger partial charge in [-0.25, -0.2) is 9.37 Å².